The molecular formula is C9H16O3S. The Morgan fingerprint density at radius 3 is 2.23 bits per heavy atom. The summed E-state index contributed by atoms with van der Waals surface area (Å²) in [6.07, 6.45) is 0.635. The van der Waals surface area contributed by atoms with Crippen LogP contribution < -0.4 is 0 Å². The summed E-state index contributed by atoms with van der Waals surface area (Å²) in [5.41, 5.74) is 0. The maximum Gasteiger partial charge on any atom is 0.307 e. The average Bonchev–Trinajstić information content (AvgIpc) is 1.96. The molecule has 0 bridgehead atoms. The van der Waals surface area contributed by atoms with Gasteiger partial charge in [-0.3, -0.25) is 9.59 Å². The van der Waals surface area contributed by atoms with E-state index in [1.807, 2.05) is 13.8 Å². The highest BCUT2D eigenvalue weighted by molar-refractivity contribution is 8.13. The van der Waals surface area contributed by atoms with Gasteiger partial charge in [-0.1, -0.05) is 25.6 Å². The van der Waals surface area contributed by atoms with Crippen LogP contribution in [0.5, 0.6) is 0 Å². The van der Waals surface area contributed by atoms with Crippen LogP contribution in [0.15, 0.2) is 0 Å². The lowest BCUT2D eigenvalue weighted by atomic mass is 9.99. The minimum Gasteiger partial charge on any atom is -0.481 e. The van der Waals surface area contributed by atoms with E-state index in [9.17, 15) is 9.59 Å². The maximum atomic E-state index is 10.7. The largest absolute Gasteiger partial charge is 0.481 e. The van der Waals surface area contributed by atoms with Gasteiger partial charge in [0.25, 0.3) is 0 Å². The fraction of sp³-hybridized carbons (Fsp3) is 0.778. The summed E-state index contributed by atoms with van der Waals surface area (Å²) < 4.78 is 0. The molecule has 0 aromatic heterocycles. The maximum absolute atomic E-state index is 10.7. The topological polar surface area (TPSA) is 54.4 Å². The van der Waals surface area contributed by atoms with Crippen molar-refractivity contribution in [2.75, 3.05) is 5.75 Å². The molecule has 0 saturated carbocycles. The predicted octanol–water partition coefficient (Wildman–Crippen LogP) is 2.01. The van der Waals surface area contributed by atoms with E-state index in [4.69, 9.17) is 5.11 Å². The number of rotatable bonds is 5. The van der Waals surface area contributed by atoms with Crippen molar-refractivity contribution in [1.82, 2.24) is 0 Å². The van der Waals surface area contributed by atoms with Crippen molar-refractivity contribution in [1.29, 1.82) is 0 Å². The van der Waals surface area contributed by atoms with E-state index in [1.165, 1.54) is 6.92 Å². The molecule has 0 radical (unpaired) electrons. The van der Waals surface area contributed by atoms with Crippen LogP contribution in [-0.4, -0.2) is 21.9 Å². The third-order valence-electron chi connectivity index (χ3n) is 1.59. The Morgan fingerprint density at radius 2 is 1.92 bits per heavy atom. The van der Waals surface area contributed by atoms with Crippen molar-refractivity contribution >= 4 is 22.8 Å². The van der Waals surface area contributed by atoms with Gasteiger partial charge >= 0.3 is 5.97 Å². The molecule has 3 nitrogen and oxygen atoms in total. The summed E-state index contributed by atoms with van der Waals surface area (Å²) in [5.74, 6) is -0.451. The molecule has 0 unspecified atom stereocenters. The first-order chi connectivity index (χ1) is 5.93. The lowest BCUT2D eigenvalue weighted by molar-refractivity contribution is -0.141. The highest BCUT2D eigenvalue weighted by atomic mass is 32.2. The van der Waals surface area contributed by atoms with Gasteiger partial charge in [0, 0.05) is 12.7 Å². The second kappa shape index (κ2) is 6.02. The van der Waals surface area contributed by atoms with Crippen LogP contribution in [0, 0.1) is 11.8 Å². The van der Waals surface area contributed by atoms with E-state index in [0.717, 1.165) is 11.8 Å². The molecule has 0 saturated heterocycles. The zero-order valence-corrected chi connectivity index (χ0v) is 9.06. The zero-order valence-electron chi connectivity index (χ0n) is 8.24. The number of carboxylic acids is 1. The van der Waals surface area contributed by atoms with Gasteiger partial charge < -0.3 is 5.11 Å². The van der Waals surface area contributed by atoms with E-state index in [1.54, 1.807) is 0 Å². The fourth-order valence-corrected chi connectivity index (χ4v) is 1.74. The fourth-order valence-electron chi connectivity index (χ4n) is 1.03. The third kappa shape index (κ3) is 6.63. The number of carbonyl (C=O) groups is 2. The number of carboxylic acid groups (broad SMARTS) is 1. The minimum absolute atomic E-state index is 0.0185. The Kier molecular flexibility index (Phi) is 5.79. The Hall–Kier alpha value is -0.510. The van der Waals surface area contributed by atoms with Gasteiger partial charge in [-0.05, 0) is 12.3 Å². The van der Waals surface area contributed by atoms with Crippen LogP contribution >= 0.6 is 11.8 Å². The van der Waals surface area contributed by atoms with Crippen LogP contribution in [0.4, 0.5) is 0 Å². The van der Waals surface area contributed by atoms with Crippen molar-refractivity contribution in [2.45, 2.75) is 27.2 Å². The summed E-state index contributed by atoms with van der Waals surface area (Å²) in [7, 11) is 0. The Labute approximate surface area is 82.9 Å². The molecule has 0 aromatic rings. The molecule has 0 aliphatic rings. The van der Waals surface area contributed by atoms with E-state index in [-0.39, 0.29) is 5.12 Å². The first kappa shape index (κ1) is 12.5. The highest BCUT2D eigenvalue weighted by Crippen LogP contribution is 2.17. The molecule has 0 heterocycles. The molecule has 76 valence electrons. The predicted molar refractivity (Wildman–Crippen MR) is 53.7 cm³/mol. The Bertz CT molecular complexity index is 189. The molecule has 0 aliphatic heterocycles. The van der Waals surface area contributed by atoms with E-state index in [2.05, 4.69) is 0 Å². The van der Waals surface area contributed by atoms with E-state index >= 15 is 0 Å². The zero-order chi connectivity index (χ0) is 10.4. The van der Waals surface area contributed by atoms with Crippen molar-refractivity contribution in [3.05, 3.63) is 0 Å². The Balaban J connectivity index is 3.95. The van der Waals surface area contributed by atoms with Gasteiger partial charge in [0.2, 0.25) is 0 Å². The normalized spacial score (nSPS) is 12.9. The number of aliphatic carboxylic acids is 1. The van der Waals surface area contributed by atoms with Crippen LogP contribution in [-0.2, 0) is 9.59 Å². The van der Waals surface area contributed by atoms with Crippen molar-refractivity contribution in [3.8, 4) is 0 Å². The van der Waals surface area contributed by atoms with Gasteiger partial charge in [0.1, 0.15) is 0 Å². The molecule has 0 spiro atoms. The van der Waals surface area contributed by atoms with Crippen LogP contribution in [0.2, 0.25) is 0 Å². The SMILES string of the molecule is CC(=O)SC[C@@H](CC(C)C)C(=O)O. The highest BCUT2D eigenvalue weighted by Gasteiger charge is 2.19. The lowest BCUT2D eigenvalue weighted by Gasteiger charge is -2.12. The number of hydrogen-bond donors (Lipinski definition) is 1. The van der Waals surface area contributed by atoms with E-state index < -0.39 is 11.9 Å². The summed E-state index contributed by atoms with van der Waals surface area (Å²) >= 11 is 1.09. The molecule has 0 aliphatic carbocycles. The number of thioether (sulfide) groups is 1. The first-order valence-electron chi connectivity index (χ1n) is 4.29. The molecule has 13 heavy (non-hydrogen) atoms. The van der Waals surface area contributed by atoms with Crippen LogP contribution in [0.25, 0.3) is 0 Å². The third-order valence-corrected chi connectivity index (χ3v) is 2.57. The van der Waals surface area contributed by atoms with Crippen molar-refractivity contribution in [3.63, 3.8) is 0 Å². The Morgan fingerprint density at radius 1 is 1.38 bits per heavy atom. The minimum atomic E-state index is -0.803. The first-order valence-corrected chi connectivity index (χ1v) is 5.28. The van der Waals surface area contributed by atoms with Gasteiger partial charge in [0.15, 0.2) is 5.12 Å². The molecule has 1 atom stereocenters. The molecule has 0 aromatic carbocycles. The molecule has 1 N–H and O–H groups in total. The average molecular weight is 204 g/mol. The standard InChI is InChI=1S/C9H16O3S/c1-6(2)4-8(9(11)12)5-13-7(3)10/h6,8H,4-5H2,1-3H3,(H,11,12)/t8-/m1/s1. The monoisotopic (exact) mass is 204 g/mol. The molecule has 0 amide bonds. The second-order valence-electron chi connectivity index (χ2n) is 3.47. The summed E-state index contributed by atoms with van der Waals surface area (Å²) in [6.45, 7) is 5.42. The quantitative estimate of drug-likeness (QED) is 0.744. The number of carbonyl (C=O) groups excluding carboxylic acids is 1. The van der Waals surface area contributed by atoms with Gasteiger partial charge in [-0.2, -0.15) is 0 Å². The smallest absolute Gasteiger partial charge is 0.307 e. The lowest BCUT2D eigenvalue weighted by Crippen LogP contribution is -2.19. The second-order valence-corrected chi connectivity index (χ2v) is 4.66. The van der Waals surface area contributed by atoms with Gasteiger partial charge in [-0.15, -0.1) is 0 Å². The van der Waals surface area contributed by atoms with Gasteiger partial charge in [-0.25, -0.2) is 0 Å². The van der Waals surface area contributed by atoms with E-state index in [0.29, 0.717) is 18.1 Å². The summed E-state index contributed by atoms with van der Waals surface area (Å²) in [6, 6.07) is 0. The summed E-state index contributed by atoms with van der Waals surface area (Å²) in [4.78, 5) is 21.3. The molecule has 0 fully saturated rings. The van der Waals surface area contributed by atoms with Crippen LogP contribution in [0.3, 0.4) is 0 Å². The molecule has 4 heteroatoms. The van der Waals surface area contributed by atoms with Crippen molar-refractivity contribution < 1.29 is 14.7 Å². The van der Waals surface area contributed by atoms with Gasteiger partial charge in [0.05, 0.1) is 5.92 Å². The molecular weight excluding hydrogens is 188 g/mol. The van der Waals surface area contributed by atoms with Crippen molar-refractivity contribution in [2.24, 2.45) is 11.8 Å². The summed E-state index contributed by atoms with van der Waals surface area (Å²) in [5, 5.41) is 8.79. The number of hydrogen-bond acceptors (Lipinski definition) is 3. The molecule has 0 rings (SSSR count). The van der Waals surface area contributed by atoms with Crippen LogP contribution in [0.1, 0.15) is 27.2 Å².